The number of hydrogen-bond acceptors (Lipinski definition) is 7. The highest BCUT2D eigenvalue weighted by atomic mass is 16.6. The highest BCUT2D eigenvalue weighted by molar-refractivity contribution is 5.93. The summed E-state index contributed by atoms with van der Waals surface area (Å²) in [4.78, 5) is 34.1. The Morgan fingerprint density at radius 2 is 1.93 bits per heavy atom. The molecule has 4 aromatic rings. The first-order chi connectivity index (χ1) is 14.5. The Balaban J connectivity index is 1.57. The Kier molecular flexibility index (Phi) is 5.14. The molecule has 1 aromatic carbocycles. The molecule has 152 valence electrons. The van der Waals surface area contributed by atoms with Gasteiger partial charge in [-0.15, -0.1) is 0 Å². The quantitative estimate of drug-likeness (QED) is 0.470. The van der Waals surface area contributed by atoms with E-state index in [1.54, 1.807) is 16.7 Å². The van der Waals surface area contributed by atoms with Crippen molar-refractivity contribution in [3.05, 3.63) is 75.5 Å². The summed E-state index contributed by atoms with van der Waals surface area (Å²) < 4.78 is 12.2. The number of nitrogens with zero attached hydrogens (tertiary/aromatic N) is 4. The van der Waals surface area contributed by atoms with Crippen molar-refractivity contribution >= 4 is 17.0 Å². The number of esters is 1. The van der Waals surface area contributed by atoms with Crippen molar-refractivity contribution < 1.29 is 14.1 Å². The number of rotatable bonds is 5. The lowest BCUT2D eigenvalue weighted by Crippen LogP contribution is -2.21. The summed E-state index contributed by atoms with van der Waals surface area (Å²) in [5.74, 6) is -0.185. The van der Waals surface area contributed by atoms with Crippen LogP contribution in [-0.2, 0) is 17.9 Å². The standard InChI is InChI=1S/C22H20N4O4/c1-4-26-11-17(19(27)16-10-9-14(3)23-21(16)26)22(28)29-12-18-24-20(25-30-18)15-8-6-5-7-13(15)2/h5-11H,4,12H2,1-3H3. The zero-order valence-electron chi connectivity index (χ0n) is 16.9. The van der Waals surface area contributed by atoms with E-state index in [0.717, 1.165) is 16.8 Å². The molecule has 0 saturated carbocycles. The van der Waals surface area contributed by atoms with Crippen LogP contribution >= 0.6 is 0 Å². The van der Waals surface area contributed by atoms with Crippen molar-refractivity contribution in [2.24, 2.45) is 0 Å². The van der Waals surface area contributed by atoms with Crippen molar-refractivity contribution in [3.8, 4) is 11.4 Å². The van der Waals surface area contributed by atoms with Gasteiger partial charge in [0.05, 0.1) is 5.39 Å². The number of carbonyl (C=O) groups is 1. The number of ether oxygens (including phenoxy) is 1. The molecule has 0 spiro atoms. The van der Waals surface area contributed by atoms with Crippen molar-refractivity contribution in [2.75, 3.05) is 0 Å². The van der Waals surface area contributed by atoms with Crippen molar-refractivity contribution in [1.82, 2.24) is 19.7 Å². The van der Waals surface area contributed by atoms with Crippen LogP contribution in [0, 0.1) is 13.8 Å². The SMILES string of the molecule is CCn1cc(C(=O)OCc2nc(-c3ccccc3C)no2)c(=O)c2ccc(C)nc21. The topological polar surface area (TPSA) is 100 Å². The second-order valence-electron chi connectivity index (χ2n) is 6.88. The fraction of sp³-hybridized carbons (Fsp3) is 0.227. The van der Waals surface area contributed by atoms with Gasteiger partial charge in [-0.1, -0.05) is 29.4 Å². The average molecular weight is 404 g/mol. The maximum Gasteiger partial charge on any atom is 0.344 e. The molecule has 0 aliphatic heterocycles. The van der Waals surface area contributed by atoms with Gasteiger partial charge in [-0.25, -0.2) is 9.78 Å². The van der Waals surface area contributed by atoms with E-state index in [0.29, 0.717) is 23.4 Å². The largest absolute Gasteiger partial charge is 0.452 e. The molecule has 0 aliphatic rings. The third-order valence-corrected chi connectivity index (χ3v) is 4.80. The van der Waals surface area contributed by atoms with E-state index >= 15 is 0 Å². The molecule has 0 atom stereocenters. The lowest BCUT2D eigenvalue weighted by Gasteiger charge is -2.10. The smallest absolute Gasteiger partial charge is 0.344 e. The molecule has 0 amide bonds. The molecule has 4 rings (SSSR count). The van der Waals surface area contributed by atoms with Crippen LogP contribution in [-0.4, -0.2) is 25.7 Å². The van der Waals surface area contributed by atoms with Gasteiger partial charge in [0.15, 0.2) is 6.61 Å². The van der Waals surface area contributed by atoms with E-state index in [1.165, 1.54) is 6.20 Å². The summed E-state index contributed by atoms with van der Waals surface area (Å²) in [5.41, 5.74) is 2.69. The molecule has 0 bridgehead atoms. The van der Waals surface area contributed by atoms with E-state index in [-0.39, 0.29) is 18.1 Å². The van der Waals surface area contributed by atoms with Gasteiger partial charge in [0.2, 0.25) is 11.3 Å². The highest BCUT2D eigenvalue weighted by Gasteiger charge is 2.19. The van der Waals surface area contributed by atoms with Gasteiger partial charge in [0, 0.05) is 24.0 Å². The number of aryl methyl sites for hydroxylation is 3. The molecule has 3 aromatic heterocycles. The number of pyridine rings is 2. The van der Waals surface area contributed by atoms with Gasteiger partial charge in [0.1, 0.15) is 11.2 Å². The van der Waals surface area contributed by atoms with Gasteiger partial charge in [0.25, 0.3) is 5.89 Å². The van der Waals surface area contributed by atoms with E-state index in [1.807, 2.05) is 45.0 Å². The Bertz CT molecular complexity index is 1310. The lowest BCUT2D eigenvalue weighted by atomic mass is 10.1. The molecule has 0 N–H and O–H groups in total. The molecule has 0 radical (unpaired) electrons. The molecular formula is C22H20N4O4. The van der Waals surface area contributed by atoms with Gasteiger partial charge in [-0.2, -0.15) is 4.98 Å². The first kappa shape index (κ1) is 19.5. The molecule has 0 unspecified atom stereocenters. The predicted molar refractivity (Wildman–Crippen MR) is 110 cm³/mol. The molecule has 30 heavy (non-hydrogen) atoms. The van der Waals surface area contributed by atoms with Crippen LogP contribution in [0.3, 0.4) is 0 Å². The minimum atomic E-state index is -0.750. The van der Waals surface area contributed by atoms with E-state index in [2.05, 4.69) is 15.1 Å². The zero-order chi connectivity index (χ0) is 21.3. The number of fused-ring (bicyclic) bond motifs is 1. The van der Waals surface area contributed by atoms with Gasteiger partial charge >= 0.3 is 5.97 Å². The van der Waals surface area contributed by atoms with Crippen LogP contribution in [0.2, 0.25) is 0 Å². The van der Waals surface area contributed by atoms with Gasteiger partial charge in [-0.3, -0.25) is 4.79 Å². The summed E-state index contributed by atoms with van der Waals surface area (Å²) >= 11 is 0. The molecular weight excluding hydrogens is 384 g/mol. The minimum Gasteiger partial charge on any atom is -0.452 e. The monoisotopic (exact) mass is 404 g/mol. The molecule has 0 aliphatic carbocycles. The fourth-order valence-electron chi connectivity index (χ4n) is 3.20. The second kappa shape index (κ2) is 7.90. The van der Waals surface area contributed by atoms with Crippen molar-refractivity contribution in [1.29, 1.82) is 0 Å². The first-order valence-corrected chi connectivity index (χ1v) is 9.54. The van der Waals surface area contributed by atoms with E-state index < -0.39 is 11.4 Å². The first-order valence-electron chi connectivity index (χ1n) is 9.54. The lowest BCUT2D eigenvalue weighted by molar-refractivity contribution is 0.0427. The maximum atomic E-state index is 12.8. The molecule has 0 fully saturated rings. The summed E-state index contributed by atoms with van der Waals surface area (Å²) in [5, 5.41) is 4.31. The second-order valence-corrected chi connectivity index (χ2v) is 6.88. The third-order valence-electron chi connectivity index (χ3n) is 4.80. The summed E-state index contributed by atoms with van der Waals surface area (Å²) in [7, 11) is 0. The minimum absolute atomic E-state index is 0.0614. The average Bonchev–Trinajstić information content (AvgIpc) is 3.21. The van der Waals surface area contributed by atoms with Crippen LogP contribution < -0.4 is 5.43 Å². The number of hydrogen-bond donors (Lipinski definition) is 0. The Morgan fingerprint density at radius 1 is 1.13 bits per heavy atom. The van der Waals surface area contributed by atoms with Crippen LogP contribution in [0.1, 0.15) is 34.4 Å². The fourth-order valence-corrected chi connectivity index (χ4v) is 3.20. The number of carbonyl (C=O) groups excluding carboxylic acids is 1. The molecule has 0 saturated heterocycles. The number of benzene rings is 1. The Morgan fingerprint density at radius 3 is 2.70 bits per heavy atom. The van der Waals surface area contributed by atoms with Gasteiger partial charge in [-0.05, 0) is 38.5 Å². The maximum absolute atomic E-state index is 12.8. The Hall–Kier alpha value is -3.81. The van der Waals surface area contributed by atoms with Crippen LogP contribution in [0.4, 0.5) is 0 Å². The summed E-state index contributed by atoms with van der Waals surface area (Å²) in [6, 6.07) is 11.0. The highest BCUT2D eigenvalue weighted by Crippen LogP contribution is 2.20. The van der Waals surface area contributed by atoms with Crippen LogP contribution in [0.15, 0.2) is 51.9 Å². The van der Waals surface area contributed by atoms with E-state index in [9.17, 15) is 9.59 Å². The van der Waals surface area contributed by atoms with Gasteiger partial charge < -0.3 is 13.8 Å². The molecule has 3 heterocycles. The van der Waals surface area contributed by atoms with E-state index in [4.69, 9.17) is 9.26 Å². The predicted octanol–water partition coefficient (Wildman–Crippen LogP) is 3.44. The third kappa shape index (κ3) is 3.59. The van der Waals surface area contributed by atoms with Crippen LogP contribution in [0.5, 0.6) is 0 Å². The summed E-state index contributed by atoms with van der Waals surface area (Å²) in [6.07, 6.45) is 1.48. The Labute approximate surface area is 172 Å². The summed E-state index contributed by atoms with van der Waals surface area (Å²) in [6.45, 7) is 6.03. The van der Waals surface area contributed by atoms with Crippen LogP contribution in [0.25, 0.3) is 22.4 Å². The molecule has 8 heteroatoms. The molecule has 8 nitrogen and oxygen atoms in total. The normalized spacial score (nSPS) is 11.0. The van der Waals surface area contributed by atoms with Crippen molar-refractivity contribution in [3.63, 3.8) is 0 Å². The zero-order valence-corrected chi connectivity index (χ0v) is 16.9. The number of aromatic nitrogens is 4. The van der Waals surface area contributed by atoms with Crippen molar-refractivity contribution in [2.45, 2.75) is 33.9 Å².